The zero-order valence-electron chi connectivity index (χ0n) is 10.1. The first-order valence-corrected chi connectivity index (χ1v) is 6.20. The number of hydrogen-bond donors (Lipinski definition) is 0. The van der Waals surface area contributed by atoms with Gasteiger partial charge < -0.3 is 4.74 Å². The Bertz CT molecular complexity index is 511. The van der Waals surface area contributed by atoms with Crippen molar-refractivity contribution in [2.24, 2.45) is 0 Å². The highest BCUT2D eigenvalue weighted by Crippen LogP contribution is 2.55. The van der Waals surface area contributed by atoms with Crippen molar-refractivity contribution in [3.05, 3.63) is 71.8 Å². The van der Waals surface area contributed by atoms with Gasteiger partial charge in [-0.25, -0.2) is 4.39 Å². The summed E-state index contributed by atoms with van der Waals surface area (Å²) in [6, 6.07) is 19.4. The highest BCUT2D eigenvalue weighted by molar-refractivity contribution is 5.29. The summed E-state index contributed by atoms with van der Waals surface area (Å²) in [5, 5.41) is 0. The lowest BCUT2D eigenvalue weighted by atomic mass is 10.1. The van der Waals surface area contributed by atoms with Gasteiger partial charge in [-0.2, -0.15) is 0 Å². The second-order valence-electron chi connectivity index (χ2n) is 4.73. The quantitative estimate of drug-likeness (QED) is 0.785. The van der Waals surface area contributed by atoms with Crippen molar-refractivity contribution in [2.75, 3.05) is 0 Å². The molecule has 1 nitrogen and oxygen atoms in total. The van der Waals surface area contributed by atoms with Crippen LogP contribution in [0, 0.1) is 0 Å². The van der Waals surface area contributed by atoms with Crippen LogP contribution < -0.4 is 0 Å². The van der Waals surface area contributed by atoms with Gasteiger partial charge >= 0.3 is 0 Å². The fraction of sp³-hybridized carbons (Fsp3) is 0.250. The topological polar surface area (TPSA) is 9.23 Å². The first-order chi connectivity index (χ1) is 8.78. The van der Waals surface area contributed by atoms with E-state index in [0.717, 1.165) is 11.1 Å². The average Bonchev–Trinajstić information content (AvgIpc) is 3.12. The monoisotopic (exact) mass is 242 g/mol. The molecule has 0 N–H and O–H groups in total. The third-order valence-corrected chi connectivity index (χ3v) is 3.37. The molecular weight excluding hydrogens is 227 g/mol. The molecule has 0 spiro atoms. The summed E-state index contributed by atoms with van der Waals surface area (Å²) in [5.41, 5.74) is 2.03. The molecule has 1 aliphatic rings. The van der Waals surface area contributed by atoms with Crippen LogP contribution in [0.3, 0.4) is 0 Å². The van der Waals surface area contributed by atoms with Crippen molar-refractivity contribution in [3.63, 3.8) is 0 Å². The molecule has 18 heavy (non-hydrogen) atoms. The van der Waals surface area contributed by atoms with Gasteiger partial charge in [0.1, 0.15) is 0 Å². The molecule has 2 aromatic rings. The van der Waals surface area contributed by atoms with Crippen LogP contribution in [0.4, 0.5) is 4.39 Å². The highest BCUT2D eigenvalue weighted by atomic mass is 19.2. The molecule has 0 aliphatic heterocycles. The van der Waals surface area contributed by atoms with E-state index in [2.05, 4.69) is 0 Å². The van der Waals surface area contributed by atoms with E-state index >= 15 is 0 Å². The number of benzene rings is 2. The zero-order valence-corrected chi connectivity index (χ0v) is 10.1. The van der Waals surface area contributed by atoms with Gasteiger partial charge in [0.05, 0.1) is 6.61 Å². The maximum absolute atomic E-state index is 14.3. The van der Waals surface area contributed by atoms with E-state index in [4.69, 9.17) is 4.74 Å². The Morgan fingerprint density at radius 3 is 2.28 bits per heavy atom. The summed E-state index contributed by atoms with van der Waals surface area (Å²) < 4.78 is 19.7. The van der Waals surface area contributed by atoms with Gasteiger partial charge in [0.2, 0.25) is 5.85 Å². The summed E-state index contributed by atoms with van der Waals surface area (Å²) in [6.07, 6.45) is 0.462. The lowest BCUT2D eigenvalue weighted by molar-refractivity contribution is -0.0780. The number of ether oxygens (including phenoxy) is 1. The van der Waals surface area contributed by atoms with E-state index in [1.165, 1.54) is 0 Å². The highest BCUT2D eigenvalue weighted by Gasteiger charge is 2.57. The first-order valence-electron chi connectivity index (χ1n) is 6.20. The molecular formula is C16H15FO. The van der Waals surface area contributed by atoms with E-state index in [1.807, 2.05) is 60.7 Å². The Hall–Kier alpha value is -1.67. The largest absolute Gasteiger partial charge is 0.340 e. The summed E-state index contributed by atoms with van der Waals surface area (Å²) in [6.45, 7) is 0.334. The molecule has 0 radical (unpaired) electrons. The van der Waals surface area contributed by atoms with Crippen molar-refractivity contribution >= 4 is 0 Å². The Morgan fingerprint density at radius 1 is 1.00 bits per heavy atom. The van der Waals surface area contributed by atoms with Gasteiger partial charge in [-0.05, 0) is 11.1 Å². The number of alkyl halides is 1. The maximum Gasteiger partial charge on any atom is 0.217 e. The maximum atomic E-state index is 14.3. The molecule has 92 valence electrons. The van der Waals surface area contributed by atoms with Crippen LogP contribution in [0.5, 0.6) is 0 Å². The summed E-state index contributed by atoms with van der Waals surface area (Å²) >= 11 is 0. The van der Waals surface area contributed by atoms with E-state index in [0.29, 0.717) is 13.0 Å². The van der Waals surface area contributed by atoms with Crippen LogP contribution in [0.15, 0.2) is 60.7 Å². The minimum atomic E-state index is -1.48. The minimum absolute atomic E-state index is 0.109. The molecule has 0 saturated heterocycles. The molecule has 0 amide bonds. The number of rotatable bonds is 4. The lowest BCUT2D eigenvalue weighted by Gasteiger charge is -2.10. The predicted octanol–water partition coefficient (Wildman–Crippen LogP) is 4.06. The molecule has 0 aromatic heterocycles. The Balaban J connectivity index is 1.62. The molecule has 1 fully saturated rings. The molecule has 0 heterocycles. The average molecular weight is 242 g/mol. The number of hydrogen-bond acceptors (Lipinski definition) is 1. The van der Waals surface area contributed by atoms with Crippen LogP contribution >= 0.6 is 0 Å². The van der Waals surface area contributed by atoms with E-state index in [-0.39, 0.29) is 5.92 Å². The first kappa shape index (κ1) is 11.4. The lowest BCUT2D eigenvalue weighted by Crippen LogP contribution is -2.09. The molecule has 2 atom stereocenters. The molecule has 2 heteroatoms. The van der Waals surface area contributed by atoms with Crippen LogP contribution in [0.25, 0.3) is 0 Å². The smallest absolute Gasteiger partial charge is 0.217 e. The molecule has 2 aromatic carbocycles. The summed E-state index contributed by atoms with van der Waals surface area (Å²) in [4.78, 5) is 0. The van der Waals surface area contributed by atoms with Crippen LogP contribution in [-0.2, 0) is 11.3 Å². The van der Waals surface area contributed by atoms with Gasteiger partial charge in [-0.1, -0.05) is 60.7 Å². The van der Waals surface area contributed by atoms with Crippen molar-refractivity contribution in [1.82, 2.24) is 0 Å². The van der Waals surface area contributed by atoms with E-state index < -0.39 is 5.85 Å². The predicted molar refractivity (Wildman–Crippen MR) is 68.9 cm³/mol. The SMILES string of the molecule is F[C@@]1(OCc2ccccc2)C[C@H]1c1ccccc1. The van der Waals surface area contributed by atoms with Crippen LogP contribution in [0.2, 0.25) is 0 Å². The van der Waals surface area contributed by atoms with Gasteiger partial charge in [-0.3, -0.25) is 0 Å². The standard InChI is InChI=1S/C16H15FO/c17-16(18-12-13-7-3-1-4-8-13)11-15(16)14-9-5-2-6-10-14/h1-10,15H,11-12H2/t15-,16+/m0/s1. The van der Waals surface area contributed by atoms with Crippen molar-refractivity contribution in [2.45, 2.75) is 24.8 Å². The van der Waals surface area contributed by atoms with E-state index in [1.54, 1.807) is 0 Å². The van der Waals surface area contributed by atoms with Crippen molar-refractivity contribution < 1.29 is 9.13 Å². The van der Waals surface area contributed by atoms with E-state index in [9.17, 15) is 4.39 Å². The fourth-order valence-electron chi connectivity index (χ4n) is 2.21. The zero-order chi connectivity index (χ0) is 12.4. The Kier molecular flexibility index (Phi) is 2.88. The van der Waals surface area contributed by atoms with Crippen molar-refractivity contribution in [3.8, 4) is 0 Å². The van der Waals surface area contributed by atoms with Gasteiger partial charge in [-0.15, -0.1) is 0 Å². The third kappa shape index (κ3) is 2.29. The van der Waals surface area contributed by atoms with Gasteiger partial charge in [0.25, 0.3) is 0 Å². The normalized spacial score (nSPS) is 25.9. The fourth-order valence-corrected chi connectivity index (χ4v) is 2.21. The summed E-state index contributed by atoms with van der Waals surface area (Å²) in [5.74, 6) is -1.58. The summed E-state index contributed by atoms with van der Waals surface area (Å²) in [7, 11) is 0. The minimum Gasteiger partial charge on any atom is -0.340 e. The second-order valence-corrected chi connectivity index (χ2v) is 4.73. The molecule has 3 rings (SSSR count). The third-order valence-electron chi connectivity index (χ3n) is 3.37. The van der Waals surface area contributed by atoms with Crippen LogP contribution in [0.1, 0.15) is 23.5 Å². The van der Waals surface area contributed by atoms with Gasteiger partial charge in [0, 0.05) is 12.3 Å². The number of halogens is 1. The molecule has 1 aliphatic carbocycles. The Labute approximate surface area is 106 Å². The molecule has 1 saturated carbocycles. The molecule has 0 unspecified atom stereocenters. The Morgan fingerprint density at radius 2 is 1.61 bits per heavy atom. The van der Waals surface area contributed by atoms with Crippen LogP contribution in [-0.4, -0.2) is 5.85 Å². The van der Waals surface area contributed by atoms with Gasteiger partial charge in [0.15, 0.2) is 0 Å². The second kappa shape index (κ2) is 4.54. The molecule has 0 bridgehead atoms. The van der Waals surface area contributed by atoms with Crippen molar-refractivity contribution in [1.29, 1.82) is 0 Å².